The number of aromatic nitrogens is 3. The Bertz CT molecular complexity index is 850. The van der Waals surface area contributed by atoms with Crippen LogP contribution in [0.25, 0.3) is 5.69 Å². The molecule has 1 aromatic heterocycles. The minimum atomic E-state index is 0.0168. The summed E-state index contributed by atoms with van der Waals surface area (Å²) in [5.41, 5.74) is 2.19. The van der Waals surface area contributed by atoms with E-state index in [0.29, 0.717) is 17.5 Å². The van der Waals surface area contributed by atoms with E-state index in [9.17, 15) is 4.79 Å². The first-order chi connectivity index (χ1) is 13.2. The van der Waals surface area contributed by atoms with Crippen LogP contribution in [0, 0.1) is 6.92 Å². The third-order valence-electron chi connectivity index (χ3n) is 3.82. The molecule has 0 aliphatic heterocycles. The highest BCUT2D eigenvalue weighted by molar-refractivity contribution is 7.99. The molecule has 5 nitrogen and oxygen atoms in total. The minimum Gasteiger partial charge on any atom is -0.355 e. The third kappa shape index (κ3) is 6.15. The van der Waals surface area contributed by atoms with Crippen molar-refractivity contribution < 1.29 is 4.79 Å². The lowest BCUT2D eigenvalue weighted by Crippen LogP contribution is -2.26. The van der Waals surface area contributed by atoms with Gasteiger partial charge in [0.05, 0.1) is 5.75 Å². The van der Waals surface area contributed by atoms with E-state index in [-0.39, 0.29) is 5.91 Å². The van der Waals surface area contributed by atoms with Crippen LogP contribution >= 0.6 is 23.5 Å². The van der Waals surface area contributed by atoms with Crippen molar-refractivity contribution in [1.29, 1.82) is 0 Å². The topological polar surface area (TPSA) is 59.8 Å². The number of thioether (sulfide) groups is 2. The number of nitrogens with one attached hydrogen (secondary N) is 1. The van der Waals surface area contributed by atoms with Crippen molar-refractivity contribution in [1.82, 2.24) is 20.1 Å². The van der Waals surface area contributed by atoms with Crippen LogP contribution < -0.4 is 5.32 Å². The van der Waals surface area contributed by atoms with Crippen LogP contribution in [0.5, 0.6) is 0 Å². The van der Waals surface area contributed by atoms with Gasteiger partial charge in [-0.15, -0.1) is 22.0 Å². The Morgan fingerprint density at radius 3 is 2.63 bits per heavy atom. The van der Waals surface area contributed by atoms with Gasteiger partial charge in [-0.1, -0.05) is 47.7 Å². The maximum Gasteiger partial charge on any atom is 0.230 e. The Labute approximate surface area is 168 Å². The van der Waals surface area contributed by atoms with Crippen LogP contribution in [0.1, 0.15) is 12.0 Å². The summed E-state index contributed by atoms with van der Waals surface area (Å²) < 4.78 is 1.90. The highest BCUT2D eigenvalue weighted by Crippen LogP contribution is 2.20. The van der Waals surface area contributed by atoms with Crippen molar-refractivity contribution in [3.8, 4) is 5.69 Å². The third-order valence-corrected chi connectivity index (χ3v) is 5.86. The number of benzene rings is 2. The Balaban J connectivity index is 1.38. The molecule has 0 radical (unpaired) electrons. The standard InChI is InChI=1S/C20H22N4OS2/c1-16-8-10-17(11-9-16)24-15-22-23-20(24)27-14-19(25)21-12-5-13-26-18-6-3-2-4-7-18/h2-4,6-11,15H,5,12-14H2,1H3,(H,21,25). The predicted molar refractivity (Wildman–Crippen MR) is 112 cm³/mol. The molecule has 7 heteroatoms. The summed E-state index contributed by atoms with van der Waals surface area (Å²) in [5, 5.41) is 11.8. The highest BCUT2D eigenvalue weighted by atomic mass is 32.2. The van der Waals surface area contributed by atoms with Crippen molar-refractivity contribution in [2.45, 2.75) is 23.4 Å². The number of rotatable bonds is 9. The molecule has 1 heterocycles. The van der Waals surface area contributed by atoms with Gasteiger partial charge >= 0.3 is 0 Å². The second kappa shape index (κ2) is 10.2. The first kappa shape index (κ1) is 19.5. The molecule has 27 heavy (non-hydrogen) atoms. The van der Waals surface area contributed by atoms with E-state index in [1.807, 2.05) is 54.0 Å². The summed E-state index contributed by atoms with van der Waals surface area (Å²) in [6, 6.07) is 18.4. The van der Waals surface area contributed by atoms with Crippen LogP contribution in [-0.4, -0.2) is 38.7 Å². The molecular formula is C20H22N4OS2. The molecule has 3 rings (SSSR count). The van der Waals surface area contributed by atoms with E-state index < -0.39 is 0 Å². The van der Waals surface area contributed by atoms with Gasteiger partial charge in [0.1, 0.15) is 6.33 Å². The average Bonchev–Trinajstić information content (AvgIpc) is 3.16. The largest absolute Gasteiger partial charge is 0.355 e. The molecule has 0 spiro atoms. The molecular weight excluding hydrogens is 376 g/mol. The second-order valence-electron chi connectivity index (χ2n) is 5.97. The van der Waals surface area contributed by atoms with Gasteiger partial charge in [-0.05, 0) is 43.4 Å². The fraction of sp³-hybridized carbons (Fsp3) is 0.250. The van der Waals surface area contributed by atoms with E-state index in [2.05, 4.69) is 27.6 Å². The number of hydrogen-bond donors (Lipinski definition) is 1. The van der Waals surface area contributed by atoms with Crippen molar-refractivity contribution in [3.63, 3.8) is 0 Å². The predicted octanol–water partition coefficient (Wildman–Crippen LogP) is 3.97. The normalized spacial score (nSPS) is 10.7. The Morgan fingerprint density at radius 1 is 1.07 bits per heavy atom. The molecule has 0 fully saturated rings. The summed E-state index contributed by atoms with van der Waals surface area (Å²) in [6.45, 7) is 2.73. The van der Waals surface area contributed by atoms with Gasteiger partial charge in [0.25, 0.3) is 0 Å². The molecule has 1 amide bonds. The fourth-order valence-corrected chi connectivity index (χ4v) is 4.03. The molecule has 0 saturated carbocycles. The second-order valence-corrected chi connectivity index (χ2v) is 8.08. The maximum absolute atomic E-state index is 12.1. The van der Waals surface area contributed by atoms with E-state index in [1.54, 1.807) is 18.1 Å². The molecule has 0 atom stereocenters. The molecule has 0 unspecified atom stereocenters. The van der Waals surface area contributed by atoms with Gasteiger partial charge in [-0.25, -0.2) is 0 Å². The molecule has 0 aliphatic carbocycles. The van der Waals surface area contributed by atoms with Gasteiger partial charge in [-0.3, -0.25) is 9.36 Å². The summed E-state index contributed by atoms with van der Waals surface area (Å²) >= 11 is 3.20. The zero-order chi connectivity index (χ0) is 18.9. The minimum absolute atomic E-state index is 0.0168. The zero-order valence-electron chi connectivity index (χ0n) is 15.2. The molecule has 0 aliphatic rings. The van der Waals surface area contributed by atoms with Gasteiger partial charge < -0.3 is 5.32 Å². The average molecular weight is 399 g/mol. The van der Waals surface area contributed by atoms with Crippen LogP contribution in [0.4, 0.5) is 0 Å². The van der Waals surface area contributed by atoms with Crippen molar-refractivity contribution in [2.24, 2.45) is 0 Å². The molecule has 1 N–H and O–H groups in total. The van der Waals surface area contributed by atoms with Gasteiger partial charge in [0.15, 0.2) is 5.16 Å². The van der Waals surface area contributed by atoms with Gasteiger partial charge in [0.2, 0.25) is 5.91 Å². The number of amides is 1. The molecule has 0 saturated heterocycles. The van der Waals surface area contributed by atoms with E-state index in [1.165, 1.54) is 22.2 Å². The first-order valence-electron chi connectivity index (χ1n) is 8.77. The van der Waals surface area contributed by atoms with Crippen LogP contribution in [0.2, 0.25) is 0 Å². The quantitative estimate of drug-likeness (QED) is 0.437. The molecule has 140 valence electrons. The molecule has 0 bridgehead atoms. The van der Waals surface area contributed by atoms with E-state index in [0.717, 1.165) is 17.9 Å². The van der Waals surface area contributed by atoms with E-state index >= 15 is 0 Å². The number of carbonyl (C=O) groups excluding carboxylic acids is 1. The number of aryl methyl sites for hydroxylation is 1. The van der Waals surface area contributed by atoms with Gasteiger partial charge in [0, 0.05) is 17.1 Å². The van der Waals surface area contributed by atoms with Crippen molar-refractivity contribution in [2.75, 3.05) is 18.1 Å². The number of nitrogens with zero attached hydrogens (tertiary/aromatic N) is 3. The monoisotopic (exact) mass is 398 g/mol. The summed E-state index contributed by atoms with van der Waals surface area (Å²) in [5.74, 6) is 1.33. The lowest BCUT2D eigenvalue weighted by Gasteiger charge is -2.07. The lowest BCUT2D eigenvalue weighted by molar-refractivity contribution is -0.118. The maximum atomic E-state index is 12.1. The summed E-state index contributed by atoms with van der Waals surface area (Å²) in [4.78, 5) is 13.3. The van der Waals surface area contributed by atoms with Crippen LogP contribution in [-0.2, 0) is 4.79 Å². The van der Waals surface area contributed by atoms with Crippen molar-refractivity contribution in [3.05, 3.63) is 66.5 Å². The van der Waals surface area contributed by atoms with Crippen LogP contribution in [0.3, 0.4) is 0 Å². The van der Waals surface area contributed by atoms with Gasteiger partial charge in [-0.2, -0.15) is 0 Å². The lowest BCUT2D eigenvalue weighted by atomic mass is 10.2. The Morgan fingerprint density at radius 2 is 1.85 bits per heavy atom. The zero-order valence-corrected chi connectivity index (χ0v) is 16.8. The highest BCUT2D eigenvalue weighted by Gasteiger charge is 2.10. The molecule has 2 aromatic carbocycles. The molecule has 3 aromatic rings. The first-order valence-corrected chi connectivity index (χ1v) is 10.7. The SMILES string of the molecule is Cc1ccc(-n2cnnc2SCC(=O)NCCCSc2ccccc2)cc1. The number of hydrogen-bond acceptors (Lipinski definition) is 5. The van der Waals surface area contributed by atoms with Crippen molar-refractivity contribution >= 4 is 29.4 Å². The number of carbonyl (C=O) groups is 1. The van der Waals surface area contributed by atoms with Crippen LogP contribution in [0.15, 0.2) is 71.0 Å². The summed E-state index contributed by atoms with van der Waals surface area (Å²) in [7, 11) is 0. The Hall–Kier alpha value is -2.25. The fourth-order valence-electron chi connectivity index (χ4n) is 2.39. The van der Waals surface area contributed by atoms with E-state index in [4.69, 9.17) is 0 Å². The smallest absolute Gasteiger partial charge is 0.230 e. The summed E-state index contributed by atoms with van der Waals surface area (Å²) in [6.07, 6.45) is 2.61. The Kier molecular flexibility index (Phi) is 7.36.